The third-order valence-electron chi connectivity index (χ3n) is 4.32. The normalized spacial score (nSPS) is 18.8. The molecule has 8 nitrogen and oxygen atoms in total. The second-order valence-electron chi connectivity index (χ2n) is 6.42. The van der Waals surface area contributed by atoms with Crippen LogP contribution in [0.1, 0.15) is 39.0 Å². The number of urea groups is 1. The van der Waals surface area contributed by atoms with Crippen LogP contribution in [0.4, 0.5) is 4.79 Å². The minimum atomic E-state index is -0.577. The third kappa shape index (κ3) is 5.76. The van der Waals surface area contributed by atoms with E-state index in [-0.39, 0.29) is 18.2 Å². The molecule has 1 saturated heterocycles. The molecule has 0 saturated carbocycles. The van der Waals surface area contributed by atoms with Gasteiger partial charge in [0, 0.05) is 46.1 Å². The van der Waals surface area contributed by atoms with E-state index >= 15 is 0 Å². The van der Waals surface area contributed by atoms with Gasteiger partial charge in [-0.25, -0.2) is 10.3 Å². The highest BCUT2D eigenvalue weighted by atomic mass is 16.5. The standard InChI is InChI=1S/C16H30N4O4/c1-4-5-6-7-12(10-14(21)18-24)15(22)13-11-17-8-9-20(13)16(23)19(2)3/h12-13,17,24H,4-11H2,1-3H3,(H,18,21)/t12-,13+/m1/s1. The molecule has 8 heteroatoms. The van der Waals surface area contributed by atoms with Crippen molar-refractivity contribution in [2.75, 3.05) is 33.7 Å². The topological polar surface area (TPSA) is 102 Å². The van der Waals surface area contributed by atoms with E-state index in [1.165, 1.54) is 4.90 Å². The van der Waals surface area contributed by atoms with Crippen molar-refractivity contribution in [1.82, 2.24) is 20.6 Å². The first-order valence-electron chi connectivity index (χ1n) is 8.57. The maximum Gasteiger partial charge on any atom is 0.320 e. The van der Waals surface area contributed by atoms with Gasteiger partial charge in [0.1, 0.15) is 6.04 Å². The van der Waals surface area contributed by atoms with Gasteiger partial charge >= 0.3 is 6.03 Å². The number of unbranched alkanes of at least 4 members (excludes halogenated alkanes) is 2. The van der Waals surface area contributed by atoms with Crippen molar-refractivity contribution >= 4 is 17.7 Å². The molecule has 1 heterocycles. The zero-order chi connectivity index (χ0) is 18.1. The van der Waals surface area contributed by atoms with E-state index in [0.29, 0.717) is 26.1 Å². The molecule has 1 aliphatic heterocycles. The largest absolute Gasteiger partial charge is 0.331 e. The number of nitrogens with zero attached hydrogens (tertiary/aromatic N) is 2. The Bertz CT molecular complexity index is 442. The van der Waals surface area contributed by atoms with Crippen molar-refractivity contribution in [1.29, 1.82) is 0 Å². The molecule has 0 unspecified atom stereocenters. The summed E-state index contributed by atoms with van der Waals surface area (Å²) in [6, 6.07) is -0.777. The van der Waals surface area contributed by atoms with Crippen LogP contribution in [0, 0.1) is 5.92 Å². The second-order valence-corrected chi connectivity index (χ2v) is 6.42. The fraction of sp³-hybridized carbons (Fsp3) is 0.812. The third-order valence-corrected chi connectivity index (χ3v) is 4.32. The van der Waals surface area contributed by atoms with Crippen molar-refractivity contribution in [3.8, 4) is 0 Å². The maximum atomic E-state index is 13.0. The van der Waals surface area contributed by atoms with Gasteiger partial charge in [0.05, 0.1) is 0 Å². The van der Waals surface area contributed by atoms with Gasteiger partial charge in [-0.2, -0.15) is 0 Å². The van der Waals surface area contributed by atoms with Gasteiger partial charge in [-0.05, 0) is 6.42 Å². The number of piperazine rings is 1. The monoisotopic (exact) mass is 342 g/mol. The van der Waals surface area contributed by atoms with Crippen LogP contribution in [-0.2, 0) is 9.59 Å². The SMILES string of the molecule is CCCCC[C@H](CC(=O)NO)C(=O)[C@@H]1CNCCN1C(=O)N(C)C. The van der Waals surface area contributed by atoms with E-state index in [2.05, 4.69) is 12.2 Å². The molecule has 0 aromatic heterocycles. The molecule has 1 fully saturated rings. The summed E-state index contributed by atoms with van der Waals surface area (Å²) in [5, 5.41) is 11.9. The van der Waals surface area contributed by atoms with Crippen molar-refractivity contribution in [3.05, 3.63) is 0 Å². The summed E-state index contributed by atoms with van der Waals surface area (Å²) in [6.07, 6.45) is 3.37. The van der Waals surface area contributed by atoms with E-state index < -0.39 is 17.9 Å². The van der Waals surface area contributed by atoms with Gasteiger partial charge in [-0.3, -0.25) is 14.8 Å². The van der Waals surface area contributed by atoms with Crippen molar-refractivity contribution in [2.45, 2.75) is 45.1 Å². The van der Waals surface area contributed by atoms with Gasteiger partial charge in [0.2, 0.25) is 5.91 Å². The quantitative estimate of drug-likeness (QED) is 0.341. The molecule has 0 bridgehead atoms. The molecule has 3 N–H and O–H groups in total. The zero-order valence-electron chi connectivity index (χ0n) is 14.9. The summed E-state index contributed by atoms with van der Waals surface area (Å²) in [7, 11) is 3.31. The molecule has 2 atom stereocenters. The molecule has 138 valence electrons. The lowest BCUT2D eigenvalue weighted by Crippen LogP contribution is -2.60. The lowest BCUT2D eigenvalue weighted by Gasteiger charge is -2.38. The highest BCUT2D eigenvalue weighted by Crippen LogP contribution is 2.20. The number of rotatable bonds is 8. The predicted octanol–water partition coefficient (Wildman–Crippen LogP) is 0.603. The van der Waals surface area contributed by atoms with Crippen LogP contribution in [0.3, 0.4) is 0 Å². The lowest BCUT2D eigenvalue weighted by molar-refractivity contribution is -0.136. The van der Waals surface area contributed by atoms with Crippen LogP contribution in [0.2, 0.25) is 0 Å². The number of hydrogen-bond acceptors (Lipinski definition) is 5. The molecular formula is C16H30N4O4. The van der Waals surface area contributed by atoms with Crippen molar-refractivity contribution < 1.29 is 19.6 Å². The minimum Gasteiger partial charge on any atom is -0.331 e. The average molecular weight is 342 g/mol. The van der Waals surface area contributed by atoms with Gasteiger partial charge < -0.3 is 15.1 Å². The molecule has 0 aromatic rings. The number of Topliss-reactive ketones (excluding diaryl/α,β-unsaturated/α-hetero) is 1. The van der Waals surface area contributed by atoms with Gasteiger partial charge in [0.25, 0.3) is 0 Å². The Hall–Kier alpha value is -1.67. The van der Waals surface area contributed by atoms with Crippen LogP contribution < -0.4 is 10.8 Å². The Morgan fingerprint density at radius 2 is 2.04 bits per heavy atom. The molecule has 0 aliphatic carbocycles. The van der Waals surface area contributed by atoms with Crippen LogP contribution in [0.5, 0.6) is 0 Å². The Morgan fingerprint density at radius 1 is 1.33 bits per heavy atom. The summed E-state index contributed by atoms with van der Waals surface area (Å²) in [4.78, 5) is 39.9. The van der Waals surface area contributed by atoms with Crippen molar-refractivity contribution in [3.63, 3.8) is 0 Å². The first-order valence-corrected chi connectivity index (χ1v) is 8.57. The molecule has 1 rings (SSSR count). The Morgan fingerprint density at radius 3 is 2.62 bits per heavy atom. The fourth-order valence-corrected chi connectivity index (χ4v) is 2.97. The molecule has 0 radical (unpaired) electrons. The first-order chi connectivity index (χ1) is 11.4. The summed E-state index contributed by atoms with van der Waals surface area (Å²) in [5.41, 5.74) is 1.60. The van der Waals surface area contributed by atoms with E-state index in [0.717, 1.165) is 19.3 Å². The number of ketones is 1. The number of nitrogens with one attached hydrogen (secondary N) is 2. The number of amides is 3. The first kappa shape index (κ1) is 20.4. The molecular weight excluding hydrogens is 312 g/mol. The van der Waals surface area contributed by atoms with E-state index in [9.17, 15) is 14.4 Å². The Balaban J connectivity index is 2.87. The molecule has 0 aromatic carbocycles. The fourth-order valence-electron chi connectivity index (χ4n) is 2.97. The van der Waals surface area contributed by atoms with E-state index in [1.54, 1.807) is 24.5 Å². The lowest BCUT2D eigenvalue weighted by atomic mass is 9.88. The predicted molar refractivity (Wildman–Crippen MR) is 89.6 cm³/mol. The number of carbonyl (C=O) groups is 3. The number of hydrogen-bond donors (Lipinski definition) is 3. The number of hydroxylamine groups is 1. The Labute approximate surface area is 143 Å². The molecule has 1 aliphatic rings. The van der Waals surface area contributed by atoms with Crippen LogP contribution >= 0.6 is 0 Å². The zero-order valence-corrected chi connectivity index (χ0v) is 14.9. The molecule has 3 amide bonds. The van der Waals surface area contributed by atoms with Crippen LogP contribution in [0.15, 0.2) is 0 Å². The van der Waals surface area contributed by atoms with Gasteiger partial charge in [0.15, 0.2) is 5.78 Å². The van der Waals surface area contributed by atoms with E-state index in [1.807, 2.05) is 0 Å². The van der Waals surface area contributed by atoms with Gasteiger partial charge in [-0.15, -0.1) is 0 Å². The maximum absolute atomic E-state index is 13.0. The van der Waals surface area contributed by atoms with Crippen LogP contribution in [0.25, 0.3) is 0 Å². The summed E-state index contributed by atoms with van der Waals surface area (Å²) in [5.74, 6) is -1.18. The highest BCUT2D eigenvalue weighted by Gasteiger charge is 2.36. The average Bonchev–Trinajstić information content (AvgIpc) is 2.59. The molecule has 24 heavy (non-hydrogen) atoms. The highest BCUT2D eigenvalue weighted by molar-refractivity contribution is 5.93. The van der Waals surface area contributed by atoms with E-state index in [4.69, 9.17) is 5.21 Å². The van der Waals surface area contributed by atoms with Gasteiger partial charge in [-0.1, -0.05) is 26.2 Å². The smallest absolute Gasteiger partial charge is 0.320 e. The summed E-state index contributed by atoms with van der Waals surface area (Å²) in [6.45, 7) is 3.56. The number of carbonyl (C=O) groups excluding carboxylic acids is 3. The second kappa shape index (κ2) is 10.2. The Kier molecular flexibility index (Phi) is 8.70. The van der Waals surface area contributed by atoms with Crippen molar-refractivity contribution in [2.24, 2.45) is 5.92 Å². The summed E-state index contributed by atoms with van der Waals surface area (Å²) < 4.78 is 0. The van der Waals surface area contributed by atoms with Crippen LogP contribution in [-0.4, -0.2) is 72.5 Å². The summed E-state index contributed by atoms with van der Waals surface area (Å²) >= 11 is 0. The minimum absolute atomic E-state index is 0.0560. The molecule has 0 spiro atoms.